The Kier molecular flexibility index (Phi) is 4.46. The van der Waals surface area contributed by atoms with E-state index in [0.717, 1.165) is 25.7 Å². The molecule has 1 aliphatic rings. The zero-order valence-corrected chi connectivity index (χ0v) is 12.8. The first-order valence-corrected chi connectivity index (χ1v) is 8.39. The number of rotatable bonds is 4. The third kappa shape index (κ3) is 3.77. The molecule has 0 radical (unpaired) electrons. The average molecular weight is 298 g/mol. The minimum atomic E-state index is -3.58. The Labute approximate surface area is 120 Å². The molecule has 1 saturated carbocycles. The second-order valence-corrected chi connectivity index (χ2v) is 7.90. The molecule has 20 heavy (non-hydrogen) atoms. The molecule has 112 valence electrons. The van der Waals surface area contributed by atoms with Gasteiger partial charge in [-0.2, -0.15) is 0 Å². The molecule has 1 fully saturated rings. The summed E-state index contributed by atoms with van der Waals surface area (Å²) in [4.78, 5) is 3.91. The van der Waals surface area contributed by atoms with E-state index in [1.165, 1.54) is 12.3 Å². The fourth-order valence-corrected chi connectivity index (χ4v) is 3.94. The van der Waals surface area contributed by atoms with Crippen LogP contribution in [0.3, 0.4) is 0 Å². The lowest BCUT2D eigenvalue weighted by Gasteiger charge is -2.35. The van der Waals surface area contributed by atoms with Crippen LogP contribution >= 0.6 is 0 Å². The lowest BCUT2D eigenvalue weighted by molar-refractivity contribution is 0.212. The zero-order valence-electron chi connectivity index (χ0n) is 12.0. The predicted octanol–water partition coefficient (Wildman–Crippen LogP) is 1.82. The van der Waals surface area contributed by atoms with Crippen molar-refractivity contribution in [2.75, 3.05) is 0 Å². The van der Waals surface area contributed by atoms with Crippen LogP contribution in [0.5, 0.6) is 0 Å². The van der Waals surface area contributed by atoms with Crippen molar-refractivity contribution in [1.82, 2.24) is 9.71 Å². The van der Waals surface area contributed by atoms with Gasteiger partial charge in [0.15, 0.2) is 5.03 Å². The van der Waals surface area contributed by atoms with E-state index in [9.17, 15) is 8.42 Å². The van der Waals surface area contributed by atoms with Gasteiger partial charge in [0.1, 0.15) is 0 Å². The largest absolute Gasteiger partial charge is 0.392 e. The first-order chi connectivity index (χ1) is 9.32. The molecule has 1 heterocycles. The maximum absolute atomic E-state index is 12.3. The number of nitrogens with zero attached hydrogens (tertiary/aromatic N) is 1. The van der Waals surface area contributed by atoms with E-state index in [1.54, 1.807) is 6.07 Å². The van der Waals surface area contributed by atoms with Gasteiger partial charge in [0.05, 0.1) is 6.61 Å². The highest BCUT2D eigenvalue weighted by Crippen LogP contribution is 2.35. The van der Waals surface area contributed by atoms with Crippen LogP contribution in [0.2, 0.25) is 0 Å². The molecule has 5 nitrogen and oxygen atoms in total. The van der Waals surface area contributed by atoms with E-state index in [4.69, 9.17) is 5.11 Å². The highest BCUT2D eigenvalue weighted by molar-refractivity contribution is 7.89. The molecule has 1 unspecified atom stereocenters. The highest BCUT2D eigenvalue weighted by atomic mass is 32.2. The number of aliphatic hydroxyl groups is 1. The summed E-state index contributed by atoms with van der Waals surface area (Å²) in [5.74, 6) is 0. The van der Waals surface area contributed by atoms with E-state index < -0.39 is 10.0 Å². The van der Waals surface area contributed by atoms with Crippen molar-refractivity contribution in [2.45, 2.75) is 57.2 Å². The number of aliphatic hydroxyl groups excluding tert-OH is 1. The molecular weight excluding hydrogens is 276 g/mol. The van der Waals surface area contributed by atoms with Crippen molar-refractivity contribution in [2.24, 2.45) is 5.41 Å². The third-order valence-electron chi connectivity index (χ3n) is 3.78. The minimum Gasteiger partial charge on any atom is -0.392 e. The first-order valence-electron chi connectivity index (χ1n) is 6.90. The molecule has 6 heteroatoms. The van der Waals surface area contributed by atoms with Gasteiger partial charge in [0, 0.05) is 12.2 Å². The summed E-state index contributed by atoms with van der Waals surface area (Å²) in [6.45, 7) is 4.20. The number of aromatic nitrogens is 1. The topological polar surface area (TPSA) is 79.3 Å². The van der Waals surface area contributed by atoms with Crippen LogP contribution < -0.4 is 4.72 Å². The van der Waals surface area contributed by atoms with E-state index in [1.807, 2.05) is 0 Å². The summed E-state index contributed by atoms with van der Waals surface area (Å²) in [7, 11) is -3.58. The van der Waals surface area contributed by atoms with Gasteiger partial charge in [-0.1, -0.05) is 26.3 Å². The van der Waals surface area contributed by atoms with Gasteiger partial charge in [0.2, 0.25) is 0 Å². The Morgan fingerprint density at radius 2 is 2.20 bits per heavy atom. The summed E-state index contributed by atoms with van der Waals surface area (Å²) in [6, 6.07) is 2.98. The number of pyridine rings is 1. The van der Waals surface area contributed by atoms with Crippen LogP contribution in [0.15, 0.2) is 23.4 Å². The highest BCUT2D eigenvalue weighted by Gasteiger charge is 2.31. The molecule has 1 aromatic heterocycles. The third-order valence-corrected chi connectivity index (χ3v) is 5.22. The molecule has 1 aliphatic carbocycles. The zero-order chi connectivity index (χ0) is 14.8. The van der Waals surface area contributed by atoms with Gasteiger partial charge in [-0.3, -0.25) is 0 Å². The first kappa shape index (κ1) is 15.4. The quantitative estimate of drug-likeness (QED) is 0.888. The fourth-order valence-electron chi connectivity index (χ4n) is 2.74. The SMILES string of the molecule is CC1(C)CCCC(NS(=O)(=O)c2ccc(CO)cn2)C1. The van der Waals surface area contributed by atoms with Crippen molar-refractivity contribution in [3.63, 3.8) is 0 Å². The summed E-state index contributed by atoms with van der Waals surface area (Å²) < 4.78 is 27.3. The van der Waals surface area contributed by atoms with Crippen LogP contribution in [0.25, 0.3) is 0 Å². The minimum absolute atomic E-state index is 0.0121. The molecule has 0 bridgehead atoms. The summed E-state index contributed by atoms with van der Waals surface area (Å²) >= 11 is 0. The van der Waals surface area contributed by atoms with E-state index in [0.29, 0.717) is 5.56 Å². The lowest BCUT2D eigenvalue weighted by atomic mass is 9.75. The standard InChI is InChI=1S/C14H22N2O3S/c1-14(2)7-3-4-12(8-14)16-20(18,19)13-6-5-11(10-17)9-15-13/h5-6,9,12,16-17H,3-4,7-8,10H2,1-2H3. The molecule has 0 aromatic carbocycles. The van der Waals surface area contributed by atoms with Crippen molar-refractivity contribution < 1.29 is 13.5 Å². The van der Waals surface area contributed by atoms with E-state index >= 15 is 0 Å². The summed E-state index contributed by atoms with van der Waals surface area (Å²) in [5, 5.41) is 8.96. The molecule has 0 aliphatic heterocycles. The monoisotopic (exact) mass is 298 g/mol. The van der Waals surface area contributed by atoms with Gasteiger partial charge in [-0.15, -0.1) is 0 Å². The maximum Gasteiger partial charge on any atom is 0.258 e. The Morgan fingerprint density at radius 3 is 2.75 bits per heavy atom. The van der Waals surface area contributed by atoms with Crippen molar-refractivity contribution >= 4 is 10.0 Å². The Balaban J connectivity index is 2.10. The van der Waals surface area contributed by atoms with Crippen LogP contribution in [-0.2, 0) is 16.6 Å². The molecule has 1 atom stereocenters. The number of hydrogen-bond donors (Lipinski definition) is 2. The second kappa shape index (κ2) is 5.79. The molecule has 0 saturated heterocycles. The molecule has 0 amide bonds. The Hall–Kier alpha value is -0.980. The smallest absolute Gasteiger partial charge is 0.258 e. The number of nitrogens with one attached hydrogen (secondary N) is 1. The Morgan fingerprint density at radius 1 is 1.45 bits per heavy atom. The molecule has 0 spiro atoms. The maximum atomic E-state index is 12.3. The molecule has 1 aromatic rings. The number of hydrogen-bond acceptors (Lipinski definition) is 4. The molecular formula is C14H22N2O3S. The molecule has 2 rings (SSSR count). The fraction of sp³-hybridized carbons (Fsp3) is 0.643. The van der Waals surface area contributed by atoms with Crippen molar-refractivity contribution in [1.29, 1.82) is 0 Å². The van der Waals surface area contributed by atoms with Crippen LogP contribution in [0.1, 0.15) is 45.1 Å². The normalized spacial score (nSPS) is 22.6. The average Bonchev–Trinajstić information content (AvgIpc) is 2.37. The predicted molar refractivity (Wildman–Crippen MR) is 76.5 cm³/mol. The van der Waals surface area contributed by atoms with Crippen LogP contribution in [0, 0.1) is 5.41 Å². The summed E-state index contributed by atoms with van der Waals surface area (Å²) in [6.07, 6.45) is 5.28. The second-order valence-electron chi connectivity index (χ2n) is 6.24. The van der Waals surface area contributed by atoms with Gasteiger partial charge in [0.25, 0.3) is 10.0 Å². The van der Waals surface area contributed by atoms with Crippen LogP contribution in [0.4, 0.5) is 0 Å². The Bertz CT molecular complexity index is 552. The van der Waals surface area contributed by atoms with Crippen molar-refractivity contribution in [3.8, 4) is 0 Å². The van der Waals surface area contributed by atoms with Gasteiger partial charge in [-0.25, -0.2) is 18.1 Å². The summed E-state index contributed by atoms with van der Waals surface area (Å²) in [5.41, 5.74) is 0.780. The molecule has 2 N–H and O–H groups in total. The van der Waals surface area contributed by atoms with Crippen LogP contribution in [-0.4, -0.2) is 24.6 Å². The van der Waals surface area contributed by atoms with Gasteiger partial charge in [-0.05, 0) is 36.3 Å². The number of sulfonamides is 1. The van der Waals surface area contributed by atoms with E-state index in [2.05, 4.69) is 23.6 Å². The van der Waals surface area contributed by atoms with Crippen molar-refractivity contribution in [3.05, 3.63) is 23.9 Å². The lowest BCUT2D eigenvalue weighted by Crippen LogP contribution is -2.40. The van der Waals surface area contributed by atoms with Gasteiger partial charge < -0.3 is 5.11 Å². The van der Waals surface area contributed by atoms with Gasteiger partial charge >= 0.3 is 0 Å². The van der Waals surface area contributed by atoms with E-state index in [-0.39, 0.29) is 23.1 Å².